The number of hydrogen-bond donors (Lipinski definition) is 1. The molecule has 0 heterocycles. The summed E-state index contributed by atoms with van der Waals surface area (Å²) in [6.07, 6.45) is 0. The van der Waals surface area contributed by atoms with Crippen molar-refractivity contribution in [1.82, 2.24) is 5.06 Å². The fourth-order valence-corrected chi connectivity index (χ4v) is 0. The van der Waals surface area contributed by atoms with Crippen molar-refractivity contribution in [2.45, 2.75) is 0 Å². The molecule has 0 aliphatic rings. The van der Waals surface area contributed by atoms with Crippen molar-refractivity contribution in [3.63, 3.8) is 0 Å². The summed E-state index contributed by atoms with van der Waals surface area (Å²) in [5, 5.41) is 1.40. The van der Waals surface area contributed by atoms with E-state index < -0.39 is 0 Å². The zero-order chi connectivity index (χ0) is 4.28. The van der Waals surface area contributed by atoms with Gasteiger partial charge in [-0.3, -0.25) is 0 Å². The fourth-order valence-electron chi connectivity index (χ4n) is 0. The van der Waals surface area contributed by atoms with Crippen LogP contribution in [0.25, 0.3) is 0 Å². The monoisotopic (exact) mass is 76.1 g/mol. The summed E-state index contributed by atoms with van der Waals surface area (Å²) in [6, 6.07) is 0. The van der Waals surface area contributed by atoms with Gasteiger partial charge in [0.25, 0.3) is 0 Å². The first-order valence-corrected chi connectivity index (χ1v) is 1.31. The van der Waals surface area contributed by atoms with E-state index in [2.05, 4.69) is 10.8 Å². The minimum Gasteiger partial charge on any atom is -0.215 e. The average Bonchev–Trinajstić information content (AvgIpc) is 1.38. The molecule has 0 bridgehead atoms. The fraction of sp³-hybridized carbons (Fsp3) is 1.00. The van der Waals surface area contributed by atoms with Crippen LogP contribution in [-0.4, -0.2) is 19.2 Å². The van der Waals surface area contributed by atoms with Gasteiger partial charge >= 0.3 is 0 Å². The molecule has 0 rings (SSSR count). The third kappa shape index (κ3) is 3.88. The van der Waals surface area contributed by atoms with Crippen molar-refractivity contribution in [3.8, 4) is 0 Å². The Hall–Kier alpha value is -0.120. The summed E-state index contributed by atoms with van der Waals surface area (Å²) in [5.41, 5.74) is 0. The molecule has 0 unspecified atom stereocenters. The van der Waals surface area contributed by atoms with Crippen molar-refractivity contribution >= 4 is 0 Å². The maximum absolute atomic E-state index is 4.60. The molecular weight excluding hydrogens is 68.0 g/mol. The first kappa shape index (κ1) is 4.88. The molecule has 0 fully saturated rings. The van der Waals surface area contributed by atoms with Gasteiger partial charge < -0.3 is 0 Å². The van der Waals surface area contributed by atoms with Gasteiger partial charge in [-0.25, -0.2) is 4.94 Å². The van der Waals surface area contributed by atoms with Gasteiger partial charge in [0, 0.05) is 14.1 Å². The van der Waals surface area contributed by atoms with Crippen molar-refractivity contribution in [2.24, 2.45) is 5.90 Å². The third-order valence-corrected chi connectivity index (χ3v) is 0.211. The van der Waals surface area contributed by atoms with E-state index in [0.717, 1.165) is 0 Å². The van der Waals surface area contributed by atoms with Crippen LogP contribution in [0.5, 0.6) is 0 Å². The molecule has 0 saturated heterocycles. The van der Waals surface area contributed by atoms with Gasteiger partial charge in [0.1, 0.15) is 0 Å². The average molecular weight is 76.1 g/mol. The van der Waals surface area contributed by atoms with E-state index in [9.17, 15) is 0 Å². The SMILES string of the molecule is CN(C)ON. The van der Waals surface area contributed by atoms with Crippen LogP contribution in [0.4, 0.5) is 0 Å². The molecule has 2 N–H and O–H groups in total. The summed E-state index contributed by atoms with van der Waals surface area (Å²) in [7, 11) is 3.42. The molecule has 0 spiro atoms. The normalized spacial score (nSPS) is 9.60. The predicted molar refractivity (Wildman–Crippen MR) is 19.0 cm³/mol. The highest BCUT2D eigenvalue weighted by Gasteiger charge is 1.72. The van der Waals surface area contributed by atoms with E-state index in [0.29, 0.717) is 0 Å². The molecule has 3 nitrogen and oxygen atoms in total. The van der Waals surface area contributed by atoms with Crippen LogP contribution in [0.2, 0.25) is 0 Å². The summed E-state index contributed by atoms with van der Waals surface area (Å²) < 4.78 is 0. The molecule has 0 saturated carbocycles. The standard InChI is InChI=1S/C2H8N2O/c1-4(2)5-3/h3H2,1-2H3. The van der Waals surface area contributed by atoms with Crippen molar-refractivity contribution in [1.29, 1.82) is 0 Å². The highest BCUT2D eigenvalue weighted by atomic mass is 16.8. The number of nitrogens with zero attached hydrogens (tertiary/aromatic N) is 1. The molecule has 32 valence electrons. The second-order valence-electron chi connectivity index (χ2n) is 0.918. The van der Waals surface area contributed by atoms with Crippen LogP contribution in [0.1, 0.15) is 0 Å². The molecule has 0 amide bonds. The Morgan fingerprint density at radius 3 is 1.80 bits per heavy atom. The van der Waals surface area contributed by atoms with Gasteiger partial charge in [-0.05, 0) is 0 Å². The van der Waals surface area contributed by atoms with E-state index >= 15 is 0 Å². The van der Waals surface area contributed by atoms with Crippen LogP contribution < -0.4 is 5.90 Å². The summed E-state index contributed by atoms with van der Waals surface area (Å²) in [6.45, 7) is 0. The van der Waals surface area contributed by atoms with Crippen molar-refractivity contribution < 1.29 is 4.94 Å². The summed E-state index contributed by atoms with van der Waals surface area (Å²) in [5.74, 6) is 4.60. The first-order valence-electron chi connectivity index (χ1n) is 1.31. The van der Waals surface area contributed by atoms with Crippen LogP contribution in [0.15, 0.2) is 0 Å². The largest absolute Gasteiger partial charge is 0.215 e. The molecule has 0 aliphatic carbocycles. The van der Waals surface area contributed by atoms with E-state index in [1.165, 1.54) is 5.06 Å². The van der Waals surface area contributed by atoms with E-state index in [1.807, 2.05) is 0 Å². The van der Waals surface area contributed by atoms with Gasteiger partial charge in [0.15, 0.2) is 0 Å². The van der Waals surface area contributed by atoms with Gasteiger partial charge in [0.2, 0.25) is 0 Å². The van der Waals surface area contributed by atoms with Gasteiger partial charge in [0.05, 0.1) is 0 Å². The lowest BCUT2D eigenvalue weighted by molar-refractivity contribution is -0.123. The number of hydrogen-bond acceptors (Lipinski definition) is 3. The second kappa shape index (κ2) is 2.14. The molecule has 0 aromatic carbocycles. The topological polar surface area (TPSA) is 38.5 Å². The minimum absolute atomic E-state index is 1.40. The van der Waals surface area contributed by atoms with Gasteiger partial charge in [-0.2, -0.15) is 11.0 Å². The van der Waals surface area contributed by atoms with E-state index in [4.69, 9.17) is 0 Å². The number of rotatable bonds is 1. The third-order valence-electron chi connectivity index (χ3n) is 0.211. The molecule has 0 aliphatic heterocycles. The Balaban J connectivity index is 2.54. The van der Waals surface area contributed by atoms with Crippen LogP contribution in [0, 0.1) is 0 Å². The Morgan fingerprint density at radius 1 is 1.60 bits per heavy atom. The van der Waals surface area contributed by atoms with Crippen molar-refractivity contribution in [3.05, 3.63) is 0 Å². The van der Waals surface area contributed by atoms with Crippen molar-refractivity contribution in [2.75, 3.05) is 14.1 Å². The molecule has 0 aromatic heterocycles. The highest BCUT2D eigenvalue weighted by molar-refractivity contribution is 3.95. The first-order chi connectivity index (χ1) is 2.27. The zero-order valence-corrected chi connectivity index (χ0v) is 3.43. The lowest BCUT2D eigenvalue weighted by Crippen LogP contribution is -2.16. The molecule has 0 radical (unpaired) electrons. The van der Waals surface area contributed by atoms with E-state index in [-0.39, 0.29) is 0 Å². The smallest absolute Gasteiger partial charge is 0.0142 e. The molecule has 3 heteroatoms. The Bertz CT molecular complexity index is 21.6. The Labute approximate surface area is 31.2 Å². The highest BCUT2D eigenvalue weighted by Crippen LogP contribution is 1.59. The summed E-state index contributed by atoms with van der Waals surface area (Å²) in [4.78, 5) is 4.08. The number of hydroxylamine groups is 2. The number of nitrogens with two attached hydrogens (primary N) is 1. The molecule has 5 heavy (non-hydrogen) atoms. The quantitative estimate of drug-likeness (QED) is 0.422. The van der Waals surface area contributed by atoms with Crippen LogP contribution >= 0.6 is 0 Å². The molecule has 0 atom stereocenters. The predicted octanol–water partition coefficient (Wildman–Crippen LogP) is -0.647. The van der Waals surface area contributed by atoms with Crippen LogP contribution in [-0.2, 0) is 4.94 Å². The molecule has 0 aromatic rings. The van der Waals surface area contributed by atoms with Gasteiger partial charge in [-0.15, -0.1) is 0 Å². The lowest BCUT2D eigenvalue weighted by Gasteiger charge is -1.99. The van der Waals surface area contributed by atoms with E-state index in [1.54, 1.807) is 14.1 Å². The lowest BCUT2D eigenvalue weighted by atomic mass is 11.2. The second-order valence-corrected chi connectivity index (χ2v) is 0.918. The Morgan fingerprint density at radius 2 is 1.80 bits per heavy atom. The minimum atomic E-state index is 1.40. The molecular formula is C2H8N2O. The Kier molecular flexibility index (Phi) is 2.09. The van der Waals surface area contributed by atoms with Gasteiger partial charge in [-0.1, -0.05) is 0 Å². The maximum Gasteiger partial charge on any atom is 0.0142 e. The zero-order valence-electron chi connectivity index (χ0n) is 3.43. The summed E-state index contributed by atoms with van der Waals surface area (Å²) >= 11 is 0. The maximum atomic E-state index is 4.60. The van der Waals surface area contributed by atoms with Crippen LogP contribution in [0.3, 0.4) is 0 Å².